The molecular formula is C24H29NO4. The lowest BCUT2D eigenvalue weighted by Crippen LogP contribution is -2.45. The van der Waals surface area contributed by atoms with Crippen LogP contribution in [0.15, 0.2) is 41.0 Å². The summed E-state index contributed by atoms with van der Waals surface area (Å²) < 4.78 is 5.31. The molecule has 5 heteroatoms. The highest BCUT2D eigenvalue weighted by molar-refractivity contribution is 5.79. The van der Waals surface area contributed by atoms with Crippen molar-refractivity contribution in [3.8, 4) is 5.75 Å². The van der Waals surface area contributed by atoms with Crippen molar-refractivity contribution in [1.82, 2.24) is 5.32 Å². The molecule has 29 heavy (non-hydrogen) atoms. The summed E-state index contributed by atoms with van der Waals surface area (Å²) >= 11 is 0. The zero-order chi connectivity index (χ0) is 20.2. The first-order valence-electron chi connectivity index (χ1n) is 10.8. The van der Waals surface area contributed by atoms with Gasteiger partial charge in [0, 0.05) is 0 Å². The van der Waals surface area contributed by atoms with E-state index in [0.717, 1.165) is 37.9 Å². The molecule has 2 fully saturated rings. The molecule has 1 aromatic carbocycles. The molecule has 3 aliphatic carbocycles. The van der Waals surface area contributed by atoms with Crippen LogP contribution in [0.4, 0.5) is 0 Å². The third-order valence-corrected chi connectivity index (χ3v) is 8.07. The molecule has 2 saturated carbocycles. The van der Waals surface area contributed by atoms with Crippen molar-refractivity contribution in [2.24, 2.45) is 23.2 Å². The van der Waals surface area contributed by atoms with E-state index in [9.17, 15) is 15.0 Å². The van der Waals surface area contributed by atoms with Crippen molar-refractivity contribution < 1.29 is 19.4 Å². The fourth-order valence-corrected chi connectivity index (χ4v) is 6.56. The van der Waals surface area contributed by atoms with Gasteiger partial charge in [0.25, 0.3) is 0 Å². The summed E-state index contributed by atoms with van der Waals surface area (Å²) in [5, 5.41) is 24.0. The number of rotatable bonds is 3. The van der Waals surface area contributed by atoms with Gasteiger partial charge in [-0.05, 0) is 90.7 Å². The van der Waals surface area contributed by atoms with E-state index in [0.29, 0.717) is 30.0 Å². The van der Waals surface area contributed by atoms with Gasteiger partial charge in [-0.1, -0.05) is 13.0 Å². The van der Waals surface area contributed by atoms with E-state index in [1.165, 1.54) is 11.1 Å². The van der Waals surface area contributed by atoms with Crippen molar-refractivity contribution in [2.45, 2.75) is 57.6 Å². The molecule has 1 heterocycles. The van der Waals surface area contributed by atoms with Crippen molar-refractivity contribution in [3.63, 3.8) is 0 Å². The number of phenolic OH excluding ortho intramolecular Hbond substituents is 1. The van der Waals surface area contributed by atoms with Crippen LogP contribution < -0.4 is 5.32 Å². The van der Waals surface area contributed by atoms with Gasteiger partial charge in [0.1, 0.15) is 11.5 Å². The normalized spacial score (nSPS) is 35.4. The van der Waals surface area contributed by atoms with E-state index in [-0.39, 0.29) is 17.2 Å². The minimum absolute atomic E-state index is 0.0674. The first kappa shape index (κ1) is 18.7. The van der Waals surface area contributed by atoms with Gasteiger partial charge in [-0.15, -0.1) is 0 Å². The number of furan rings is 1. The maximum atomic E-state index is 12.9. The molecule has 0 radical (unpaired) electrons. The highest BCUT2D eigenvalue weighted by Gasteiger charge is 2.59. The summed E-state index contributed by atoms with van der Waals surface area (Å²) in [5.41, 5.74) is 2.42. The van der Waals surface area contributed by atoms with E-state index < -0.39 is 6.10 Å². The summed E-state index contributed by atoms with van der Waals surface area (Å²) in [6.45, 7) is 2.55. The Hall–Kier alpha value is -2.27. The lowest BCUT2D eigenvalue weighted by molar-refractivity contribution is -0.129. The van der Waals surface area contributed by atoms with Crippen LogP contribution in [0, 0.1) is 23.2 Å². The molecule has 3 aliphatic rings. The van der Waals surface area contributed by atoms with Gasteiger partial charge in [0.15, 0.2) is 0 Å². The zero-order valence-electron chi connectivity index (χ0n) is 16.8. The molecule has 6 atom stereocenters. The number of aryl methyl sites for hydroxylation is 1. The average Bonchev–Trinajstić information content (AvgIpc) is 3.32. The number of carbonyl (C=O) groups excluding carboxylic acids is 1. The van der Waals surface area contributed by atoms with Gasteiger partial charge < -0.3 is 19.9 Å². The Labute approximate surface area is 171 Å². The first-order chi connectivity index (χ1) is 14.0. The second-order valence-electron chi connectivity index (χ2n) is 9.43. The number of hydrogen-bond acceptors (Lipinski definition) is 4. The number of phenols is 1. The monoisotopic (exact) mass is 395 g/mol. The summed E-state index contributed by atoms with van der Waals surface area (Å²) in [6, 6.07) is 9.44. The molecule has 3 N–H and O–H groups in total. The van der Waals surface area contributed by atoms with Gasteiger partial charge in [-0.2, -0.15) is 0 Å². The summed E-state index contributed by atoms with van der Waals surface area (Å²) in [5.74, 6) is 1.94. The molecule has 5 nitrogen and oxygen atoms in total. The van der Waals surface area contributed by atoms with Crippen LogP contribution in [0.5, 0.6) is 5.75 Å². The standard InChI is InChI=1S/C24H29NO4/c1-24-9-8-18-17-7-5-15(26)11-14(17)4-6-19(18)21(24)12-20(22(24)27)23(28)25-13-16-3-2-10-29-16/h2-3,5,7,10-11,18-22,26-27H,4,6,8-9,12-13H2,1H3,(H,25,28). The third-order valence-electron chi connectivity index (χ3n) is 8.07. The number of aliphatic hydroxyl groups is 1. The van der Waals surface area contributed by atoms with Crippen molar-refractivity contribution in [2.75, 3.05) is 0 Å². The highest BCUT2D eigenvalue weighted by atomic mass is 16.3. The number of nitrogens with one attached hydrogen (secondary N) is 1. The van der Waals surface area contributed by atoms with Crippen molar-refractivity contribution >= 4 is 5.91 Å². The minimum Gasteiger partial charge on any atom is -0.508 e. The Kier molecular flexibility index (Phi) is 4.46. The first-order valence-corrected chi connectivity index (χ1v) is 10.8. The number of carbonyl (C=O) groups is 1. The van der Waals surface area contributed by atoms with Gasteiger partial charge in [-0.25, -0.2) is 0 Å². The van der Waals surface area contributed by atoms with E-state index in [1.807, 2.05) is 18.2 Å². The molecule has 154 valence electrons. The fraction of sp³-hybridized carbons (Fsp3) is 0.542. The Bertz CT molecular complexity index is 908. The Balaban J connectivity index is 1.36. The summed E-state index contributed by atoms with van der Waals surface area (Å²) in [4.78, 5) is 12.9. The topological polar surface area (TPSA) is 82.7 Å². The van der Waals surface area contributed by atoms with Gasteiger partial charge in [0.2, 0.25) is 5.91 Å². The van der Waals surface area contributed by atoms with Crippen LogP contribution in [0.25, 0.3) is 0 Å². The molecule has 0 aliphatic heterocycles. The van der Waals surface area contributed by atoms with Crippen LogP contribution in [0.3, 0.4) is 0 Å². The van der Waals surface area contributed by atoms with Gasteiger partial charge >= 0.3 is 0 Å². The zero-order valence-corrected chi connectivity index (χ0v) is 16.8. The van der Waals surface area contributed by atoms with E-state index in [4.69, 9.17) is 4.42 Å². The molecule has 1 aromatic heterocycles. The number of aliphatic hydroxyl groups excluding tert-OH is 1. The summed E-state index contributed by atoms with van der Waals surface area (Å²) in [7, 11) is 0. The molecule has 0 bridgehead atoms. The van der Waals surface area contributed by atoms with Crippen LogP contribution in [-0.4, -0.2) is 22.2 Å². The molecule has 6 unspecified atom stereocenters. The van der Waals surface area contributed by atoms with Gasteiger partial charge in [-0.3, -0.25) is 4.79 Å². The maximum absolute atomic E-state index is 12.9. The summed E-state index contributed by atoms with van der Waals surface area (Å²) in [6.07, 6.45) is 5.73. The lowest BCUT2D eigenvalue weighted by Gasteiger charge is -2.50. The molecular weight excluding hydrogens is 366 g/mol. The molecule has 2 aromatic rings. The highest BCUT2D eigenvalue weighted by Crippen LogP contribution is 2.62. The molecule has 5 rings (SSSR count). The average molecular weight is 395 g/mol. The van der Waals surface area contributed by atoms with Crippen LogP contribution in [0.2, 0.25) is 0 Å². The molecule has 0 saturated heterocycles. The Morgan fingerprint density at radius 3 is 2.97 bits per heavy atom. The van der Waals surface area contributed by atoms with Gasteiger partial charge in [0.05, 0.1) is 24.8 Å². The molecule has 0 spiro atoms. The number of aromatic hydroxyl groups is 1. The third kappa shape index (κ3) is 2.98. The SMILES string of the molecule is CC12CCC3c4ccc(O)cc4CCC3C1CC(C(=O)NCc1ccco1)C2O. The Morgan fingerprint density at radius 1 is 1.31 bits per heavy atom. The predicted molar refractivity (Wildman–Crippen MR) is 108 cm³/mol. The quantitative estimate of drug-likeness (QED) is 0.739. The number of fused-ring (bicyclic) bond motifs is 5. The van der Waals surface area contributed by atoms with E-state index in [1.54, 1.807) is 12.3 Å². The molecule has 1 amide bonds. The van der Waals surface area contributed by atoms with E-state index in [2.05, 4.69) is 18.3 Å². The Morgan fingerprint density at radius 2 is 2.17 bits per heavy atom. The number of benzene rings is 1. The number of hydrogen-bond donors (Lipinski definition) is 3. The van der Waals surface area contributed by atoms with Crippen LogP contribution in [0.1, 0.15) is 55.4 Å². The second kappa shape index (κ2) is 6.91. The smallest absolute Gasteiger partial charge is 0.226 e. The lowest BCUT2D eigenvalue weighted by atomic mass is 9.55. The maximum Gasteiger partial charge on any atom is 0.226 e. The van der Waals surface area contributed by atoms with Crippen LogP contribution >= 0.6 is 0 Å². The fourth-order valence-electron chi connectivity index (χ4n) is 6.56. The van der Waals surface area contributed by atoms with Crippen molar-refractivity contribution in [3.05, 3.63) is 53.5 Å². The largest absolute Gasteiger partial charge is 0.508 e. The predicted octanol–water partition coefficient (Wildman–Crippen LogP) is 3.74. The van der Waals surface area contributed by atoms with Crippen molar-refractivity contribution in [1.29, 1.82) is 0 Å². The number of amides is 1. The van der Waals surface area contributed by atoms with Crippen LogP contribution in [-0.2, 0) is 17.8 Å². The minimum atomic E-state index is -0.605. The second-order valence-corrected chi connectivity index (χ2v) is 9.43. The van der Waals surface area contributed by atoms with E-state index >= 15 is 0 Å².